The number of nitrogens with zero attached hydrogens (tertiary/aromatic N) is 5. The first-order valence-corrected chi connectivity index (χ1v) is 11.3. The van der Waals surface area contributed by atoms with E-state index in [4.69, 9.17) is 10.5 Å². The van der Waals surface area contributed by atoms with E-state index in [0.717, 1.165) is 24.0 Å². The molecule has 4 rings (SSSR count). The molecule has 0 saturated carbocycles. The minimum absolute atomic E-state index is 0.0262. The summed E-state index contributed by atoms with van der Waals surface area (Å²) in [5.74, 6) is 0.0262. The van der Waals surface area contributed by atoms with E-state index in [1.54, 1.807) is 4.90 Å². The van der Waals surface area contributed by atoms with Crippen molar-refractivity contribution in [1.29, 1.82) is 15.8 Å². The van der Waals surface area contributed by atoms with Gasteiger partial charge in [-0.3, -0.25) is 9.69 Å². The van der Waals surface area contributed by atoms with E-state index in [-0.39, 0.29) is 24.0 Å². The summed E-state index contributed by atoms with van der Waals surface area (Å²) in [4.78, 5) is 17.1. The van der Waals surface area contributed by atoms with Gasteiger partial charge in [0.1, 0.15) is 6.04 Å². The Morgan fingerprint density at radius 2 is 1.55 bits per heavy atom. The molecule has 0 spiro atoms. The first-order valence-electron chi connectivity index (χ1n) is 11.3. The zero-order valence-corrected chi connectivity index (χ0v) is 18.4. The van der Waals surface area contributed by atoms with Crippen molar-refractivity contribution >= 4 is 5.91 Å². The van der Waals surface area contributed by atoms with Crippen LogP contribution in [0.3, 0.4) is 0 Å². The van der Waals surface area contributed by atoms with Crippen molar-refractivity contribution in [2.45, 2.75) is 50.5 Å². The molecule has 7 heteroatoms. The Hall–Kier alpha value is -3.70. The van der Waals surface area contributed by atoms with Crippen LogP contribution in [0, 0.1) is 34.0 Å². The van der Waals surface area contributed by atoms with E-state index in [9.17, 15) is 10.1 Å². The first-order chi connectivity index (χ1) is 16.1. The SMILES string of the molecule is N#Cc1ccc(CN(Cc2ccc(C#N)cc2)[C@@H]2CN[C@H](C(=O)N3CCC[C@H]3C#N)C2)cc1. The molecule has 2 aliphatic rings. The second-order valence-corrected chi connectivity index (χ2v) is 8.69. The van der Waals surface area contributed by atoms with E-state index >= 15 is 0 Å². The average molecular weight is 439 g/mol. The summed E-state index contributed by atoms with van der Waals surface area (Å²) in [6, 6.07) is 21.3. The Balaban J connectivity index is 1.49. The van der Waals surface area contributed by atoms with Crippen molar-refractivity contribution in [3.63, 3.8) is 0 Å². The van der Waals surface area contributed by atoms with Crippen molar-refractivity contribution in [2.75, 3.05) is 13.1 Å². The number of amides is 1. The molecule has 0 aliphatic carbocycles. The summed E-state index contributed by atoms with van der Waals surface area (Å²) in [6.07, 6.45) is 2.31. The lowest BCUT2D eigenvalue weighted by Crippen LogP contribution is -2.45. The molecule has 2 aromatic rings. The second kappa shape index (κ2) is 10.3. The van der Waals surface area contributed by atoms with Crippen LogP contribution in [0.5, 0.6) is 0 Å². The molecule has 7 nitrogen and oxygen atoms in total. The van der Waals surface area contributed by atoms with E-state index < -0.39 is 0 Å². The largest absolute Gasteiger partial charge is 0.325 e. The number of hydrogen-bond donors (Lipinski definition) is 1. The summed E-state index contributed by atoms with van der Waals surface area (Å²) in [6.45, 7) is 2.71. The maximum Gasteiger partial charge on any atom is 0.240 e. The topological polar surface area (TPSA) is 107 Å². The molecule has 2 saturated heterocycles. The average Bonchev–Trinajstić information content (AvgIpc) is 3.54. The molecule has 0 bridgehead atoms. The summed E-state index contributed by atoms with van der Waals surface area (Å²) < 4.78 is 0. The number of hydrogen-bond acceptors (Lipinski definition) is 6. The standard InChI is InChI=1S/C26H26N6O/c27-13-19-3-7-21(8-4-19)17-31(18-22-9-5-20(14-28)6-10-22)24-12-25(30-16-24)26(33)32-11-1-2-23(32)15-29/h3-10,23-25,30H,1-2,11-12,16-18H2/t23-,24-,25-/m0/s1. The zero-order valence-electron chi connectivity index (χ0n) is 18.4. The molecule has 166 valence electrons. The van der Waals surface area contributed by atoms with Gasteiger partial charge in [-0.25, -0.2) is 0 Å². The van der Waals surface area contributed by atoms with Crippen molar-refractivity contribution in [3.05, 3.63) is 70.8 Å². The number of likely N-dealkylation sites (tertiary alicyclic amines) is 1. The Kier molecular flexibility index (Phi) is 7.01. The number of nitriles is 3. The number of carbonyl (C=O) groups is 1. The van der Waals surface area contributed by atoms with Crippen molar-refractivity contribution in [3.8, 4) is 18.2 Å². The van der Waals surface area contributed by atoms with Gasteiger partial charge < -0.3 is 10.2 Å². The van der Waals surface area contributed by atoms with Gasteiger partial charge in [-0.2, -0.15) is 15.8 Å². The van der Waals surface area contributed by atoms with E-state index in [0.29, 0.717) is 43.7 Å². The number of nitrogens with one attached hydrogen (secondary N) is 1. The molecule has 1 amide bonds. The van der Waals surface area contributed by atoms with Crippen LogP contribution < -0.4 is 5.32 Å². The number of benzene rings is 2. The van der Waals surface area contributed by atoms with Gasteiger partial charge in [-0.15, -0.1) is 0 Å². The highest BCUT2D eigenvalue weighted by Gasteiger charge is 2.38. The minimum atomic E-state index is -0.313. The molecule has 3 atom stereocenters. The molecule has 2 heterocycles. The van der Waals surface area contributed by atoms with E-state index in [1.807, 2.05) is 48.5 Å². The summed E-state index contributed by atoms with van der Waals surface area (Å²) in [7, 11) is 0. The lowest BCUT2D eigenvalue weighted by atomic mass is 10.1. The predicted octanol–water partition coefficient (Wildman–Crippen LogP) is 2.68. The van der Waals surface area contributed by atoms with Gasteiger partial charge in [-0.05, 0) is 54.7 Å². The van der Waals surface area contributed by atoms with E-state index in [1.165, 1.54) is 0 Å². The fourth-order valence-corrected chi connectivity index (χ4v) is 4.70. The van der Waals surface area contributed by atoms with Crippen LogP contribution in [-0.2, 0) is 17.9 Å². The molecule has 2 aromatic carbocycles. The van der Waals surface area contributed by atoms with Gasteiger partial charge in [0.15, 0.2) is 0 Å². The smallest absolute Gasteiger partial charge is 0.240 e. The molecule has 2 aliphatic heterocycles. The van der Waals surface area contributed by atoms with Gasteiger partial charge in [0.2, 0.25) is 5.91 Å². The fraction of sp³-hybridized carbons (Fsp3) is 0.385. The van der Waals surface area contributed by atoms with Crippen molar-refractivity contribution in [2.24, 2.45) is 0 Å². The summed E-state index contributed by atoms with van der Waals surface area (Å²) >= 11 is 0. The minimum Gasteiger partial charge on any atom is -0.325 e. The lowest BCUT2D eigenvalue weighted by molar-refractivity contribution is -0.133. The van der Waals surface area contributed by atoms with Gasteiger partial charge in [0.25, 0.3) is 0 Å². The zero-order chi connectivity index (χ0) is 23.2. The van der Waals surface area contributed by atoms with Crippen LogP contribution in [0.1, 0.15) is 41.5 Å². The highest BCUT2D eigenvalue weighted by Crippen LogP contribution is 2.24. The van der Waals surface area contributed by atoms with Crippen molar-refractivity contribution < 1.29 is 4.79 Å². The second-order valence-electron chi connectivity index (χ2n) is 8.69. The normalized spacial score (nSPS) is 22.0. The highest BCUT2D eigenvalue weighted by atomic mass is 16.2. The third kappa shape index (κ3) is 5.21. The van der Waals surface area contributed by atoms with E-state index in [2.05, 4.69) is 28.4 Å². The van der Waals surface area contributed by atoms with Crippen LogP contribution in [0.2, 0.25) is 0 Å². The maximum atomic E-state index is 13.1. The third-order valence-corrected chi connectivity index (χ3v) is 6.54. The lowest BCUT2D eigenvalue weighted by Gasteiger charge is -2.29. The molecule has 2 fully saturated rings. The molecule has 33 heavy (non-hydrogen) atoms. The van der Waals surface area contributed by atoms with Crippen LogP contribution in [0.25, 0.3) is 0 Å². The van der Waals surface area contributed by atoms with Gasteiger partial charge in [0.05, 0.1) is 35.4 Å². The molecular formula is C26H26N6O. The Morgan fingerprint density at radius 1 is 0.970 bits per heavy atom. The molecule has 0 unspecified atom stereocenters. The van der Waals surface area contributed by atoms with Gasteiger partial charge >= 0.3 is 0 Å². The fourth-order valence-electron chi connectivity index (χ4n) is 4.70. The molecular weight excluding hydrogens is 412 g/mol. The van der Waals surface area contributed by atoms with Crippen LogP contribution in [-0.4, -0.2) is 46.9 Å². The van der Waals surface area contributed by atoms with Crippen LogP contribution >= 0.6 is 0 Å². The van der Waals surface area contributed by atoms with Crippen LogP contribution in [0.15, 0.2) is 48.5 Å². The Morgan fingerprint density at radius 3 is 2.06 bits per heavy atom. The molecule has 1 N–H and O–H groups in total. The predicted molar refractivity (Wildman–Crippen MR) is 122 cm³/mol. The Labute approximate surface area is 194 Å². The number of rotatable bonds is 6. The Bertz CT molecular complexity index is 1050. The van der Waals surface area contributed by atoms with Gasteiger partial charge in [-0.1, -0.05) is 24.3 Å². The van der Waals surface area contributed by atoms with Crippen molar-refractivity contribution in [1.82, 2.24) is 15.1 Å². The maximum absolute atomic E-state index is 13.1. The third-order valence-electron chi connectivity index (χ3n) is 6.54. The first kappa shape index (κ1) is 22.5. The van der Waals surface area contributed by atoms with Crippen LogP contribution in [0.4, 0.5) is 0 Å². The number of carbonyl (C=O) groups excluding carboxylic acids is 1. The summed E-state index contributed by atoms with van der Waals surface area (Å²) in [5.41, 5.74) is 3.45. The monoisotopic (exact) mass is 438 g/mol. The van der Waals surface area contributed by atoms with Gasteiger partial charge in [0, 0.05) is 32.2 Å². The highest BCUT2D eigenvalue weighted by molar-refractivity contribution is 5.83. The molecule has 0 aromatic heterocycles. The molecule has 0 radical (unpaired) electrons. The summed E-state index contributed by atoms with van der Waals surface area (Å²) in [5, 5.41) is 30.9. The quantitative estimate of drug-likeness (QED) is 0.743.